The molecule has 1 aliphatic heterocycles. The van der Waals surface area contributed by atoms with E-state index in [2.05, 4.69) is 30.1 Å². The van der Waals surface area contributed by atoms with Crippen molar-refractivity contribution < 1.29 is 62.9 Å². The highest BCUT2D eigenvalue weighted by atomic mass is 16.7. The molecule has 0 aromatic heterocycles. The first-order valence-electron chi connectivity index (χ1n) is 25.7. The molecule has 0 bridgehead atoms. The fourth-order valence-corrected chi connectivity index (χ4v) is 10.5. The van der Waals surface area contributed by atoms with E-state index < -0.39 is 29.9 Å². The number of aliphatic hydroxyl groups is 3. The highest BCUT2D eigenvalue weighted by Gasteiger charge is 2.65. The van der Waals surface area contributed by atoms with E-state index >= 15 is 0 Å². The zero-order valence-electron chi connectivity index (χ0n) is 42.2. The molecule has 0 saturated heterocycles. The van der Waals surface area contributed by atoms with Crippen LogP contribution in [0.25, 0.3) is 0 Å². The van der Waals surface area contributed by atoms with Crippen LogP contribution in [0, 0.1) is 17.8 Å². The van der Waals surface area contributed by atoms with Crippen LogP contribution >= 0.6 is 0 Å². The van der Waals surface area contributed by atoms with Crippen LogP contribution in [0.5, 0.6) is 23.0 Å². The van der Waals surface area contributed by atoms with Gasteiger partial charge in [0.05, 0.1) is 64.6 Å². The summed E-state index contributed by atoms with van der Waals surface area (Å²) in [5.74, 6) is -0.846. The largest absolute Gasteiger partial charge is 0.497 e. The lowest BCUT2D eigenvalue weighted by molar-refractivity contribution is -0.256. The Morgan fingerprint density at radius 1 is 0.843 bits per heavy atom. The summed E-state index contributed by atoms with van der Waals surface area (Å²) in [5, 5.41) is 37.0. The molecule has 4 N–H and O–H groups in total. The average Bonchev–Trinajstić information content (AvgIpc) is 3.36. The molecule has 1 saturated carbocycles. The first-order chi connectivity index (χ1) is 34.2. The predicted octanol–water partition coefficient (Wildman–Crippen LogP) is 9.95. The van der Waals surface area contributed by atoms with Crippen LogP contribution in [-0.2, 0) is 19.0 Å². The van der Waals surface area contributed by atoms with Crippen molar-refractivity contribution >= 4 is 23.6 Å². The Bertz CT molecular complexity index is 1980. The SMILES string of the molecule is C=CCOC12Oc3ccc(OC(=O)Nc4ccc(OC)cc4OC)cc3C3C(CCCCO)C(CCCCO)C=C(C(=NOC)CC1N(CCOCCO)C(=O)OCCCCCCCCCCCC)C32. The maximum Gasteiger partial charge on any atom is 0.417 e. The van der Waals surface area contributed by atoms with Gasteiger partial charge in [0.1, 0.15) is 36.1 Å². The summed E-state index contributed by atoms with van der Waals surface area (Å²) in [5.41, 5.74) is 2.65. The summed E-state index contributed by atoms with van der Waals surface area (Å²) in [6.07, 6.45) is 18.5. The van der Waals surface area contributed by atoms with Crippen molar-refractivity contribution in [2.75, 3.05) is 79.4 Å². The molecule has 2 aromatic carbocycles. The molecule has 6 atom stereocenters. The molecule has 390 valence electrons. The van der Waals surface area contributed by atoms with Crippen LogP contribution in [0.15, 0.2) is 65.9 Å². The number of hydrogen-bond donors (Lipinski definition) is 4. The number of anilines is 1. The van der Waals surface area contributed by atoms with E-state index in [4.69, 9.17) is 38.0 Å². The van der Waals surface area contributed by atoms with Crippen molar-refractivity contribution in [3.05, 3.63) is 66.3 Å². The lowest BCUT2D eigenvalue weighted by Gasteiger charge is -2.59. The van der Waals surface area contributed by atoms with E-state index in [0.29, 0.717) is 41.5 Å². The number of hydrogen-bond acceptors (Lipinski definition) is 14. The van der Waals surface area contributed by atoms with Gasteiger partial charge in [-0.3, -0.25) is 10.2 Å². The number of oxime groups is 1. The van der Waals surface area contributed by atoms with Crippen molar-refractivity contribution in [1.29, 1.82) is 0 Å². The van der Waals surface area contributed by atoms with E-state index in [-0.39, 0.29) is 82.7 Å². The summed E-state index contributed by atoms with van der Waals surface area (Å²) in [6, 6.07) is 9.49. The molecule has 0 radical (unpaired) electrons. The molecule has 2 amide bonds. The maximum absolute atomic E-state index is 14.7. The van der Waals surface area contributed by atoms with Crippen LogP contribution in [0.3, 0.4) is 0 Å². The van der Waals surface area contributed by atoms with Crippen molar-refractivity contribution in [2.24, 2.45) is 22.9 Å². The highest BCUT2D eigenvalue weighted by molar-refractivity contribution is 6.03. The third kappa shape index (κ3) is 15.1. The first kappa shape index (κ1) is 56.0. The van der Waals surface area contributed by atoms with Gasteiger partial charge in [-0.2, -0.15) is 0 Å². The second-order valence-corrected chi connectivity index (χ2v) is 18.4. The van der Waals surface area contributed by atoms with Gasteiger partial charge in [-0.1, -0.05) is 94.9 Å². The van der Waals surface area contributed by atoms with Crippen molar-refractivity contribution in [2.45, 2.75) is 134 Å². The second kappa shape index (κ2) is 30.1. The second-order valence-electron chi connectivity index (χ2n) is 18.4. The third-order valence-corrected chi connectivity index (χ3v) is 13.7. The number of aliphatic hydroxyl groups excluding tert-OH is 3. The van der Waals surface area contributed by atoms with Crippen molar-refractivity contribution in [3.63, 3.8) is 0 Å². The summed E-state index contributed by atoms with van der Waals surface area (Å²) < 4.78 is 43.1. The number of nitrogens with one attached hydrogen (secondary N) is 1. The molecule has 1 fully saturated rings. The van der Waals surface area contributed by atoms with Crippen LogP contribution in [0.2, 0.25) is 0 Å². The number of methoxy groups -OCH3 is 2. The van der Waals surface area contributed by atoms with Crippen LogP contribution in [-0.4, -0.2) is 124 Å². The minimum absolute atomic E-state index is 0.00688. The lowest BCUT2D eigenvalue weighted by atomic mass is 9.55. The Balaban J connectivity index is 1.57. The third-order valence-electron chi connectivity index (χ3n) is 13.7. The van der Waals surface area contributed by atoms with E-state index in [1.54, 1.807) is 48.4 Å². The summed E-state index contributed by atoms with van der Waals surface area (Å²) in [4.78, 5) is 35.5. The van der Waals surface area contributed by atoms with Crippen LogP contribution in [0.1, 0.15) is 128 Å². The molecule has 3 aliphatic rings. The van der Waals surface area contributed by atoms with Gasteiger partial charge in [0.2, 0.25) is 5.79 Å². The molecule has 2 aromatic rings. The normalized spacial score (nSPS) is 21.7. The minimum atomic E-state index is -1.53. The molecule has 2 aliphatic carbocycles. The number of benzene rings is 2. The number of ether oxygens (including phenoxy) is 7. The molecule has 6 unspecified atom stereocenters. The number of nitrogens with zero attached hydrogens (tertiary/aromatic N) is 2. The average molecular weight is 980 g/mol. The first-order valence-corrected chi connectivity index (χ1v) is 25.7. The molecule has 1 heterocycles. The number of amides is 2. The molecule has 70 heavy (non-hydrogen) atoms. The lowest BCUT2D eigenvalue weighted by Crippen LogP contribution is -2.70. The maximum atomic E-state index is 14.7. The molecular formula is C54H81N3O13. The van der Waals surface area contributed by atoms with Gasteiger partial charge in [-0.15, -0.1) is 6.58 Å². The number of unbranched alkanes of at least 4 members (excludes halogenated alkanes) is 11. The Hall–Kier alpha value is -4.87. The standard InChI is InChI=1S/C54H81N3O13/c1-6-8-9-10-11-12-13-14-15-20-32-67-53(62)57(27-33-66-34-30-60)49-38-46(56-65-5)43-35-39(21-16-18-28-58)42(22-17-19-29-59)50-44-36-41(24-26-47(44)70-54(49,51(43)50)68-31-7-2)69-52(61)55-45-25-23-40(63-3)37-48(45)64-4/h7,23-26,35-37,39,42,49-51,58-60H,2,6,8-22,27-34,38H2,1,3-5H3,(H,55,61). The fraction of sp³-hybridized carbons (Fsp3) is 0.648. The van der Waals surface area contributed by atoms with Gasteiger partial charge in [-0.05, 0) is 79.8 Å². The Kier molecular flexibility index (Phi) is 24.1. The highest BCUT2D eigenvalue weighted by Crippen LogP contribution is 2.62. The smallest absolute Gasteiger partial charge is 0.417 e. The van der Waals surface area contributed by atoms with Gasteiger partial charge in [-0.25, -0.2) is 9.59 Å². The van der Waals surface area contributed by atoms with Gasteiger partial charge in [0.25, 0.3) is 0 Å². The summed E-state index contributed by atoms with van der Waals surface area (Å²) >= 11 is 0. The quantitative estimate of drug-likeness (QED) is 0.0300. The van der Waals surface area contributed by atoms with E-state index in [9.17, 15) is 24.9 Å². The number of fused-ring (bicyclic) bond motifs is 2. The minimum Gasteiger partial charge on any atom is -0.497 e. The van der Waals surface area contributed by atoms with Crippen LogP contribution < -0.4 is 24.3 Å². The van der Waals surface area contributed by atoms with Gasteiger partial charge >= 0.3 is 12.2 Å². The van der Waals surface area contributed by atoms with Gasteiger partial charge in [0, 0.05) is 43.7 Å². The number of carbonyl (C=O) groups excluding carboxylic acids is 2. The molecule has 16 heteroatoms. The fourth-order valence-electron chi connectivity index (χ4n) is 10.5. The predicted molar refractivity (Wildman–Crippen MR) is 269 cm³/mol. The summed E-state index contributed by atoms with van der Waals surface area (Å²) in [7, 11) is 4.55. The van der Waals surface area contributed by atoms with Gasteiger partial charge in [0.15, 0.2) is 0 Å². The van der Waals surface area contributed by atoms with Gasteiger partial charge < -0.3 is 53.3 Å². The van der Waals surface area contributed by atoms with E-state index in [1.165, 1.54) is 52.7 Å². The zero-order chi connectivity index (χ0) is 50.1. The summed E-state index contributed by atoms with van der Waals surface area (Å²) in [6.45, 7) is 6.77. The topological polar surface area (TPSA) is 196 Å². The van der Waals surface area contributed by atoms with E-state index in [1.807, 2.05) is 6.07 Å². The Morgan fingerprint density at radius 2 is 1.56 bits per heavy atom. The Morgan fingerprint density at radius 3 is 2.23 bits per heavy atom. The molecular weight excluding hydrogens is 899 g/mol. The van der Waals surface area contributed by atoms with E-state index in [0.717, 1.165) is 62.5 Å². The molecule has 0 spiro atoms. The number of allylic oxidation sites excluding steroid dienone is 1. The number of carbonyl (C=O) groups is 2. The monoisotopic (exact) mass is 980 g/mol. The zero-order valence-corrected chi connectivity index (χ0v) is 42.2. The van der Waals surface area contributed by atoms with Crippen molar-refractivity contribution in [3.8, 4) is 23.0 Å². The van der Waals surface area contributed by atoms with Crippen molar-refractivity contribution in [1.82, 2.24) is 4.90 Å². The molecule has 5 rings (SSSR count). The molecule has 16 nitrogen and oxygen atoms in total. The Labute approximate surface area is 415 Å². The number of rotatable bonds is 33. The van der Waals surface area contributed by atoms with Crippen LogP contribution in [0.4, 0.5) is 15.3 Å².